The third kappa shape index (κ3) is 22.8. The van der Waals surface area contributed by atoms with Crippen molar-refractivity contribution in [3.63, 3.8) is 0 Å². The Morgan fingerprint density at radius 3 is 1.33 bits per heavy atom. The molecule has 0 aliphatic heterocycles. The average Bonchev–Trinajstić information content (AvgIpc) is 3.63. The molecule has 460 valence electrons. The first-order valence-electron chi connectivity index (χ1n) is 28.0. The molecule has 2 aromatic heterocycles. The zero-order chi connectivity index (χ0) is 60.1. The van der Waals surface area contributed by atoms with E-state index in [0.29, 0.717) is 36.8 Å². The van der Waals surface area contributed by atoms with Crippen LogP contribution < -0.4 is 16.9 Å². The number of ketones is 1. The number of aliphatic carboxylic acids is 1. The number of benzene rings is 4. The summed E-state index contributed by atoms with van der Waals surface area (Å²) in [6.07, 6.45) is 5.95. The molecular weight excluding hydrogens is 1090 g/mol. The van der Waals surface area contributed by atoms with Crippen molar-refractivity contribution in [3.05, 3.63) is 187 Å². The van der Waals surface area contributed by atoms with Crippen molar-refractivity contribution < 1.29 is 33.8 Å². The van der Waals surface area contributed by atoms with Crippen LogP contribution >= 0.6 is 27.0 Å². The van der Waals surface area contributed by atoms with Gasteiger partial charge in [0.25, 0.3) is 11.1 Å². The number of aromatic nitrogens is 2. The predicted octanol–water partition coefficient (Wildman–Crippen LogP) is 12.1. The number of pyridine rings is 2. The molecule has 0 saturated carbocycles. The number of methoxy groups -OCH3 is 2. The van der Waals surface area contributed by atoms with Crippen LogP contribution in [0.3, 0.4) is 0 Å². The van der Waals surface area contributed by atoms with Crippen molar-refractivity contribution in [2.45, 2.75) is 132 Å². The van der Waals surface area contributed by atoms with Gasteiger partial charge in [-0.2, -0.15) is 27.0 Å². The number of carboxylic acids is 1. The minimum atomic E-state index is -0.953. The quantitative estimate of drug-likeness (QED) is 0.0548. The van der Waals surface area contributed by atoms with Crippen LogP contribution in [-0.4, -0.2) is 103 Å². The van der Waals surface area contributed by atoms with E-state index >= 15 is 0 Å². The summed E-state index contributed by atoms with van der Waals surface area (Å²) in [5.74, 6) is -1.60. The Morgan fingerprint density at radius 2 is 0.929 bits per heavy atom. The lowest BCUT2D eigenvalue weighted by atomic mass is 9.85. The van der Waals surface area contributed by atoms with Gasteiger partial charge in [0.15, 0.2) is 5.78 Å². The molecular formula is C68H97N5O9S2. The first-order chi connectivity index (χ1) is 38.4. The standard InChI is InChI=1S/C34H44N2O4.C18H21NO2.C15H24N2O3.CH4.2H2S/c1-23(2)19-30(36-17-10-15-26(34(36)39)16-18-35(5)6)31(37)21-29(22-32(38)40-7)27-13-9-14-28(20-27)33-24(3)11-8-12-25(33)4;1-12-6-4-7-13(2)18(12)15-9-5-8-14(10-15)16(19)11-17(20)21-3;1-11(2)10-13(15(19)20)17-8-5-6-12(14(17)18)7-9-16(3)4;;;/h8-15,17,20,23,29-30H,16,18-19,21-22H2,1-7H3;4-10,16H,11,19H2,1-3H3;5-6,8,11,13H,7,9-10H2,1-4H3,(H,19,20);1H4;2*1H2/t29-,30?;16-;;;;/m00..../s1. The van der Waals surface area contributed by atoms with Crippen LogP contribution in [0.25, 0.3) is 22.3 Å². The van der Waals surface area contributed by atoms with Gasteiger partial charge in [-0.1, -0.05) is 126 Å². The monoisotopic (exact) mass is 1190 g/mol. The number of Topliss-reactive ketones (excluding diaryl/α,β-unsaturated/α-hetero) is 1. The van der Waals surface area contributed by atoms with E-state index in [2.05, 4.69) is 101 Å². The SMILES string of the molecule is C.CC(C)CC(C(=O)O)n1cccc(CCN(C)C)c1=O.COC(=O)C[C@H](CC(=O)C(CC(C)C)n1cccc(CCN(C)C)c1=O)c1cccc(-c2c(C)cccc2C)c1.COC(=O)C[C@H](N)c1cccc(-c2c(C)cccc2C)c1.S.S. The van der Waals surface area contributed by atoms with Crippen LogP contribution in [0.5, 0.6) is 0 Å². The number of ether oxygens (including phenoxy) is 2. The lowest BCUT2D eigenvalue weighted by Gasteiger charge is -2.24. The molecule has 0 radical (unpaired) electrons. The highest BCUT2D eigenvalue weighted by molar-refractivity contribution is 7.59. The molecule has 0 fully saturated rings. The number of hydrogen-bond donors (Lipinski definition) is 2. The maximum absolute atomic E-state index is 14.0. The smallest absolute Gasteiger partial charge is 0.326 e. The van der Waals surface area contributed by atoms with Gasteiger partial charge in [0, 0.05) is 55.0 Å². The Balaban J connectivity index is 0.000000679. The van der Waals surface area contributed by atoms with Gasteiger partial charge in [-0.25, -0.2) is 4.79 Å². The van der Waals surface area contributed by atoms with Crippen molar-refractivity contribution in [1.29, 1.82) is 0 Å². The molecule has 6 rings (SSSR count). The van der Waals surface area contributed by atoms with Crippen LogP contribution in [0.2, 0.25) is 0 Å². The molecule has 0 bridgehead atoms. The molecule has 0 aliphatic carbocycles. The Kier molecular flexibility index (Phi) is 33.2. The van der Waals surface area contributed by atoms with Gasteiger partial charge >= 0.3 is 17.9 Å². The largest absolute Gasteiger partial charge is 0.480 e. The molecule has 4 aromatic carbocycles. The third-order valence-corrected chi connectivity index (χ3v) is 14.4. The second-order valence-corrected chi connectivity index (χ2v) is 22.5. The molecule has 0 amide bonds. The average molecular weight is 1190 g/mol. The number of nitrogens with two attached hydrogens (primary N) is 1. The second kappa shape index (κ2) is 37.0. The topological polar surface area (TPSA) is 183 Å². The zero-order valence-corrected chi connectivity index (χ0v) is 53.5. The fourth-order valence-electron chi connectivity index (χ4n) is 10.1. The summed E-state index contributed by atoms with van der Waals surface area (Å²) < 4.78 is 12.7. The van der Waals surface area contributed by atoms with Crippen molar-refractivity contribution in [3.8, 4) is 22.3 Å². The molecule has 2 unspecified atom stereocenters. The first-order valence-corrected chi connectivity index (χ1v) is 28.0. The molecule has 4 atom stereocenters. The molecule has 14 nitrogen and oxygen atoms in total. The van der Waals surface area contributed by atoms with Crippen LogP contribution in [-0.2, 0) is 41.5 Å². The van der Waals surface area contributed by atoms with Crippen molar-refractivity contribution >= 4 is 50.7 Å². The molecule has 0 spiro atoms. The summed E-state index contributed by atoms with van der Waals surface area (Å²) in [7, 11) is 10.6. The molecule has 0 aliphatic rings. The van der Waals surface area contributed by atoms with Gasteiger partial charge in [0.2, 0.25) is 0 Å². The summed E-state index contributed by atoms with van der Waals surface area (Å²) in [4.78, 5) is 79.2. The van der Waals surface area contributed by atoms with Crippen molar-refractivity contribution in [2.24, 2.45) is 17.6 Å². The summed E-state index contributed by atoms with van der Waals surface area (Å²) in [5, 5.41) is 9.34. The highest BCUT2D eigenvalue weighted by Gasteiger charge is 2.29. The highest BCUT2D eigenvalue weighted by atomic mass is 32.1. The van der Waals surface area contributed by atoms with E-state index in [4.69, 9.17) is 10.5 Å². The van der Waals surface area contributed by atoms with E-state index in [1.807, 2.05) is 94.3 Å². The normalized spacial score (nSPS) is 12.2. The fourth-order valence-corrected chi connectivity index (χ4v) is 10.1. The van der Waals surface area contributed by atoms with E-state index in [0.717, 1.165) is 40.9 Å². The van der Waals surface area contributed by atoms with Crippen LogP contribution in [0.1, 0.15) is 136 Å². The number of carbonyl (C=O) groups excluding carboxylic acids is 3. The van der Waals surface area contributed by atoms with E-state index in [1.54, 1.807) is 29.1 Å². The highest BCUT2D eigenvalue weighted by Crippen LogP contribution is 2.34. The van der Waals surface area contributed by atoms with Gasteiger partial charge < -0.3 is 39.2 Å². The number of carbonyl (C=O) groups is 4. The minimum absolute atomic E-state index is 0. The lowest BCUT2D eigenvalue weighted by molar-refractivity contribution is -0.142. The Labute approximate surface area is 514 Å². The molecule has 84 heavy (non-hydrogen) atoms. The van der Waals surface area contributed by atoms with Crippen molar-refractivity contribution in [2.75, 3.05) is 55.5 Å². The lowest BCUT2D eigenvalue weighted by Crippen LogP contribution is -2.34. The van der Waals surface area contributed by atoms with E-state index in [1.165, 1.54) is 46.6 Å². The third-order valence-electron chi connectivity index (χ3n) is 14.4. The maximum atomic E-state index is 14.0. The molecule has 16 heteroatoms. The zero-order valence-electron chi connectivity index (χ0n) is 51.5. The van der Waals surface area contributed by atoms with Gasteiger partial charge in [0.1, 0.15) is 6.04 Å². The number of likely N-dealkylation sites (N-methyl/N-ethyl adjacent to an activating group) is 2. The summed E-state index contributed by atoms with van der Waals surface area (Å²) in [6, 6.07) is 34.1. The Bertz CT molecular complexity index is 3130. The second-order valence-electron chi connectivity index (χ2n) is 22.5. The molecule has 6 aromatic rings. The summed E-state index contributed by atoms with van der Waals surface area (Å²) in [5.41, 5.74) is 18.4. The number of hydrogen-bond acceptors (Lipinski definition) is 11. The van der Waals surface area contributed by atoms with E-state index in [9.17, 15) is 33.9 Å². The van der Waals surface area contributed by atoms with E-state index < -0.39 is 18.1 Å². The van der Waals surface area contributed by atoms with Gasteiger partial charge in [-0.3, -0.25) is 24.0 Å². The first kappa shape index (κ1) is 75.5. The molecule has 2 heterocycles. The summed E-state index contributed by atoms with van der Waals surface area (Å²) in [6.45, 7) is 17.9. The minimum Gasteiger partial charge on any atom is -0.480 e. The fraction of sp³-hybridized carbons (Fsp3) is 0.441. The number of esters is 2. The van der Waals surface area contributed by atoms with Gasteiger partial charge in [-0.05, 0) is 167 Å². The molecule has 0 saturated heterocycles. The van der Waals surface area contributed by atoms with Gasteiger partial charge in [-0.15, -0.1) is 0 Å². The van der Waals surface area contributed by atoms with Crippen molar-refractivity contribution in [1.82, 2.24) is 18.9 Å². The maximum Gasteiger partial charge on any atom is 0.326 e. The Hall–Kier alpha value is -6.56. The van der Waals surface area contributed by atoms with Crippen LogP contribution in [0.15, 0.2) is 131 Å². The molecule has 3 N–H and O–H groups in total. The van der Waals surface area contributed by atoms with Gasteiger partial charge in [0.05, 0.1) is 33.1 Å². The number of nitrogens with zero attached hydrogens (tertiary/aromatic N) is 4. The Morgan fingerprint density at radius 1 is 0.548 bits per heavy atom. The predicted molar refractivity (Wildman–Crippen MR) is 353 cm³/mol. The number of aryl methyl sites for hydroxylation is 4. The van der Waals surface area contributed by atoms with Crippen LogP contribution in [0, 0.1) is 39.5 Å². The van der Waals surface area contributed by atoms with Crippen LogP contribution in [0.4, 0.5) is 0 Å². The number of carboxylic acid groups (broad SMARTS) is 1. The van der Waals surface area contributed by atoms with E-state index in [-0.39, 0.29) is 106 Å². The number of rotatable bonds is 24. The summed E-state index contributed by atoms with van der Waals surface area (Å²) >= 11 is 0.